The second-order valence-electron chi connectivity index (χ2n) is 2.76. The molecule has 2 aromatic rings. The Morgan fingerprint density at radius 3 is 2.79 bits per heavy atom. The lowest BCUT2D eigenvalue weighted by atomic mass is 10.2. The number of benzene rings is 1. The number of imidazole rings is 1. The van der Waals surface area contributed by atoms with E-state index in [0.29, 0.717) is 5.52 Å². The third-order valence-electron chi connectivity index (χ3n) is 1.82. The van der Waals surface area contributed by atoms with Gasteiger partial charge in [-0.1, -0.05) is 0 Å². The van der Waals surface area contributed by atoms with Crippen LogP contribution in [0.25, 0.3) is 11.0 Å². The molecule has 0 spiro atoms. The van der Waals surface area contributed by atoms with Crippen molar-refractivity contribution in [2.24, 2.45) is 0 Å². The lowest BCUT2D eigenvalue weighted by Crippen LogP contribution is -1.97. The number of rotatable bonds is 1. The molecular formula is C8H5FN2O2S. The average Bonchev–Trinajstić information content (AvgIpc) is 2.45. The molecule has 0 fully saturated rings. The van der Waals surface area contributed by atoms with E-state index in [2.05, 4.69) is 9.97 Å². The molecule has 0 amide bonds. The van der Waals surface area contributed by atoms with Crippen molar-refractivity contribution in [3.63, 3.8) is 0 Å². The molecule has 0 saturated heterocycles. The average molecular weight is 212 g/mol. The number of aromatic carboxylic acids is 1. The Kier molecular flexibility index (Phi) is 1.85. The smallest absolute Gasteiger partial charge is 0.335 e. The van der Waals surface area contributed by atoms with E-state index in [1.807, 2.05) is 0 Å². The number of carbonyl (C=O) groups is 1. The normalized spacial score (nSPS) is 10.6. The summed E-state index contributed by atoms with van der Waals surface area (Å²) >= 11 is 4.76. The Bertz CT molecular complexity index is 572. The van der Waals surface area contributed by atoms with Crippen molar-refractivity contribution in [3.8, 4) is 0 Å². The topological polar surface area (TPSA) is 68.9 Å². The first-order valence-electron chi connectivity index (χ1n) is 3.73. The number of hydrogen-bond donors (Lipinski definition) is 3. The number of aromatic nitrogens is 2. The van der Waals surface area contributed by atoms with Crippen molar-refractivity contribution < 1.29 is 14.3 Å². The third-order valence-corrected chi connectivity index (χ3v) is 2.03. The fourth-order valence-corrected chi connectivity index (χ4v) is 1.43. The van der Waals surface area contributed by atoms with Gasteiger partial charge in [0.1, 0.15) is 11.3 Å². The largest absolute Gasteiger partial charge is 0.478 e. The number of nitrogens with one attached hydrogen (secondary N) is 2. The van der Waals surface area contributed by atoms with Crippen molar-refractivity contribution in [1.29, 1.82) is 0 Å². The molecule has 0 aliphatic heterocycles. The summed E-state index contributed by atoms with van der Waals surface area (Å²) in [6.07, 6.45) is 0. The number of aromatic amines is 2. The molecule has 0 radical (unpaired) electrons. The first-order valence-corrected chi connectivity index (χ1v) is 4.13. The molecule has 1 heterocycles. The zero-order valence-corrected chi connectivity index (χ0v) is 7.61. The fourth-order valence-electron chi connectivity index (χ4n) is 1.22. The van der Waals surface area contributed by atoms with Gasteiger partial charge in [0.25, 0.3) is 0 Å². The fraction of sp³-hybridized carbons (Fsp3) is 0. The molecule has 0 saturated carbocycles. The molecule has 6 heteroatoms. The molecule has 72 valence electrons. The summed E-state index contributed by atoms with van der Waals surface area (Å²) in [5.74, 6) is -1.81. The van der Waals surface area contributed by atoms with Gasteiger partial charge in [-0.25, -0.2) is 9.18 Å². The van der Waals surface area contributed by atoms with E-state index in [1.165, 1.54) is 6.07 Å². The first kappa shape index (κ1) is 8.89. The van der Waals surface area contributed by atoms with Crippen LogP contribution in [0.3, 0.4) is 0 Å². The van der Waals surface area contributed by atoms with Crippen LogP contribution in [0.2, 0.25) is 0 Å². The van der Waals surface area contributed by atoms with E-state index >= 15 is 0 Å². The van der Waals surface area contributed by atoms with Crippen LogP contribution in [0.5, 0.6) is 0 Å². The van der Waals surface area contributed by atoms with Gasteiger partial charge < -0.3 is 15.1 Å². The molecule has 2 rings (SSSR count). The molecule has 0 aliphatic rings. The number of H-pyrrole nitrogens is 2. The Morgan fingerprint density at radius 2 is 2.14 bits per heavy atom. The molecule has 0 atom stereocenters. The van der Waals surface area contributed by atoms with Gasteiger partial charge in [0, 0.05) is 0 Å². The number of fused-ring (bicyclic) bond motifs is 1. The number of carboxylic acids is 1. The number of halogens is 1. The Labute approximate surface area is 82.4 Å². The van der Waals surface area contributed by atoms with Gasteiger partial charge in [-0.15, -0.1) is 0 Å². The van der Waals surface area contributed by atoms with Gasteiger partial charge in [-0.3, -0.25) is 0 Å². The third kappa shape index (κ3) is 1.29. The molecular weight excluding hydrogens is 207 g/mol. The number of carboxylic acid groups (broad SMARTS) is 1. The molecule has 3 N–H and O–H groups in total. The highest BCUT2D eigenvalue weighted by Gasteiger charge is 2.10. The van der Waals surface area contributed by atoms with Crippen LogP contribution >= 0.6 is 12.2 Å². The van der Waals surface area contributed by atoms with Crippen LogP contribution in [-0.4, -0.2) is 21.0 Å². The summed E-state index contributed by atoms with van der Waals surface area (Å²) in [6, 6.07) is 2.27. The summed E-state index contributed by atoms with van der Waals surface area (Å²) in [5.41, 5.74) is 0.438. The van der Waals surface area contributed by atoms with Crippen molar-refractivity contribution in [3.05, 3.63) is 28.3 Å². The second-order valence-corrected chi connectivity index (χ2v) is 3.17. The predicted octanol–water partition coefficient (Wildman–Crippen LogP) is 2.06. The van der Waals surface area contributed by atoms with Gasteiger partial charge in [0.2, 0.25) is 0 Å². The highest BCUT2D eigenvalue weighted by atomic mass is 32.1. The SMILES string of the molecule is O=C(O)c1cc(F)c2[nH]c(=S)[nH]c2c1. The van der Waals surface area contributed by atoms with Gasteiger partial charge >= 0.3 is 5.97 Å². The molecule has 4 nitrogen and oxygen atoms in total. The minimum Gasteiger partial charge on any atom is -0.478 e. The summed E-state index contributed by atoms with van der Waals surface area (Å²) < 4.78 is 13.5. The van der Waals surface area contributed by atoms with Crippen LogP contribution in [0.1, 0.15) is 10.4 Å². The second kappa shape index (κ2) is 2.91. The van der Waals surface area contributed by atoms with Crippen LogP contribution in [-0.2, 0) is 0 Å². The summed E-state index contributed by atoms with van der Waals surface area (Å²) in [6.45, 7) is 0. The maximum atomic E-state index is 13.3. The molecule has 1 aromatic heterocycles. The minimum atomic E-state index is -1.17. The molecule has 1 aromatic carbocycles. The van der Waals surface area contributed by atoms with Crippen LogP contribution in [0.4, 0.5) is 4.39 Å². The Morgan fingerprint density at radius 1 is 1.43 bits per heavy atom. The van der Waals surface area contributed by atoms with E-state index in [0.717, 1.165) is 6.07 Å². The van der Waals surface area contributed by atoms with Crippen molar-refractivity contribution in [1.82, 2.24) is 9.97 Å². The van der Waals surface area contributed by atoms with Gasteiger partial charge in [-0.05, 0) is 24.4 Å². The standard InChI is InChI=1S/C8H5FN2O2S/c9-4-1-3(7(12)13)2-5-6(4)11-8(14)10-5/h1-2H,(H,12,13)(H2,10,11,14). The van der Waals surface area contributed by atoms with E-state index < -0.39 is 11.8 Å². The zero-order chi connectivity index (χ0) is 10.3. The molecule has 0 unspecified atom stereocenters. The van der Waals surface area contributed by atoms with E-state index in [9.17, 15) is 9.18 Å². The Hall–Kier alpha value is -1.69. The molecule has 0 aliphatic carbocycles. The molecule has 14 heavy (non-hydrogen) atoms. The predicted molar refractivity (Wildman–Crippen MR) is 50.4 cm³/mol. The lowest BCUT2D eigenvalue weighted by Gasteiger charge is -1.95. The van der Waals surface area contributed by atoms with Crippen molar-refractivity contribution in [2.45, 2.75) is 0 Å². The van der Waals surface area contributed by atoms with Crippen LogP contribution < -0.4 is 0 Å². The monoisotopic (exact) mass is 212 g/mol. The van der Waals surface area contributed by atoms with Crippen molar-refractivity contribution >= 4 is 29.2 Å². The first-order chi connectivity index (χ1) is 6.58. The van der Waals surface area contributed by atoms with E-state index in [1.54, 1.807) is 0 Å². The maximum absolute atomic E-state index is 13.3. The van der Waals surface area contributed by atoms with Crippen LogP contribution in [0, 0.1) is 10.6 Å². The minimum absolute atomic E-state index is 0.111. The van der Waals surface area contributed by atoms with E-state index in [-0.39, 0.29) is 15.9 Å². The number of hydrogen-bond acceptors (Lipinski definition) is 2. The van der Waals surface area contributed by atoms with Gasteiger partial charge in [0.05, 0.1) is 11.1 Å². The van der Waals surface area contributed by atoms with Crippen LogP contribution in [0.15, 0.2) is 12.1 Å². The zero-order valence-electron chi connectivity index (χ0n) is 6.80. The highest BCUT2D eigenvalue weighted by Crippen LogP contribution is 2.16. The lowest BCUT2D eigenvalue weighted by molar-refractivity contribution is 0.0696. The summed E-state index contributed by atoms with van der Waals surface area (Å²) in [4.78, 5) is 15.8. The maximum Gasteiger partial charge on any atom is 0.335 e. The van der Waals surface area contributed by atoms with Gasteiger partial charge in [0.15, 0.2) is 4.77 Å². The summed E-state index contributed by atoms with van der Waals surface area (Å²) in [7, 11) is 0. The molecule has 0 bridgehead atoms. The van der Waals surface area contributed by atoms with Crippen molar-refractivity contribution in [2.75, 3.05) is 0 Å². The quantitative estimate of drug-likeness (QED) is 0.634. The van der Waals surface area contributed by atoms with Gasteiger partial charge in [-0.2, -0.15) is 0 Å². The summed E-state index contributed by atoms with van der Waals surface area (Å²) in [5, 5.41) is 8.66. The highest BCUT2D eigenvalue weighted by molar-refractivity contribution is 7.71. The Balaban J connectivity index is 2.84. The van der Waals surface area contributed by atoms with E-state index in [4.69, 9.17) is 17.3 Å².